The van der Waals surface area contributed by atoms with Crippen LogP contribution in [0.25, 0.3) is 5.57 Å². The van der Waals surface area contributed by atoms with Crippen LogP contribution in [0.15, 0.2) is 30.8 Å². The second kappa shape index (κ2) is 7.12. The quantitative estimate of drug-likeness (QED) is 0.380. The fourth-order valence-electron chi connectivity index (χ4n) is 1.23. The number of phenols is 1. The fourth-order valence-corrected chi connectivity index (χ4v) is 1.63. The second-order valence-electron chi connectivity index (χ2n) is 3.56. The van der Waals surface area contributed by atoms with Gasteiger partial charge in [0.1, 0.15) is 5.75 Å². The van der Waals surface area contributed by atoms with E-state index in [9.17, 15) is 4.79 Å². The monoisotopic (exact) mass is 298 g/mol. The number of benzene rings is 1. The maximum Gasteiger partial charge on any atom is 0.338 e. The molecule has 92 valence electrons. The van der Waals surface area contributed by atoms with Crippen molar-refractivity contribution >= 4 is 27.5 Å². The Balaban J connectivity index is 2.46. The van der Waals surface area contributed by atoms with Crippen LogP contribution in [-0.2, 0) is 9.53 Å². The molecule has 0 aliphatic carbocycles. The topological polar surface area (TPSA) is 46.5 Å². The van der Waals surface area contributed by atoms with Crippen molar-refractivity contribution < 1.29 is 14.6 Å². The van der Waals surface area contributed by atoms with Gasteiger partial charge in [-0.1, -0.05) is 34.6 Å². The van der Waals surface area contributed by atoms with E-state index in [-0.39, 0.29) is 5.75 Å². The third-order valence-corrected chi connectivity index (χ3v) is 2.78. The van der Waals surface area contributed by atoms with E-state index in [4.69, 9.17) is 9.84 Å². The largest absolute Gasteiger partial charge is 0.508 e. The minimum Gasteiger partial charge on any atom is -0.508 e. The highest BCUT2D eigenvalue weighted by atomic mass is 79.9. The first-order valence-corrected chi connectivity index (χ1v) is 6.48. The van der Waals surface area contributed by atoms with Crippen LogP contribution in [0.3, 0.4) is 0 Å². The lowest BCUT2D eigenvalue weighted by Gasteiger charge is -2.06. The Hall–Kier alpha value is -1.29. The first-order valence-electron chi connectivity index (χ1n) is 5.36. The molecule has 1 rings (SSSR count). The lowest BCUT2D eigenvalue weighted by Crippen LogP contribution is -2.07. The van der Waals surface area contributed by atoms with Crippen LogP contribution in [0.4, 0.5) is 0 Å². The van der Waals surface area contributed by atoms with E-state index in [2.05, 4.69) is 22.5 Å². The molecule has 0 atom stereocenters. The molecule has 0 saturated carbocycles. The third-order valence-electron chi connectivity index (χ3n) is 2.22. The Labute approximate surface area is 109 Å². The molecule has 1 N–H and O–H groups in total. The van der Waals surface area contributed by atoms with Gasteiger partial charge in [-0.3, -0.25) is 0 Å². The lowest BCUT2D eigenvalue weighted by atomic mass is 10.1. The molecule has 17 heavy (non-hydrogen) atoms. The molecule has 0 radical (unpaired) electrons. The number of carbonyl (C=O) groups excluding carboxylic acids is 1. The number of hydrogen-bond acceptors (Lipinski definition) is 3. The molecule has 0 heterocycles. The Morgan fingerprint density at radius 2 is 1.94 bits per heavy atom. The molecule has 0 aromatic heterocycles. The zero-order valence-electron chi connectivity index (χ0n) is 9.49. The van der Waals surface area contributed by atoms with E-state index in [0.29, 0.717) is 17.7 Å². The number of hydrogen-bond donors (Lipinski definition) is 1. The zero-order chi connectivity index (χ0) is 12.7. The predicted octanol–water partition coefficient (Wildman–Crippen LogP) is 3.12. The number of ether oxygens (including phenoxy) is 1. The van der Waals surface area contributed by atoms with Gasteiger partial charge in [0.2, 0.25) is 0 Å². The molecule has 4 heteroatoms. The van der Waals surface area contributed by atoms with Crippen molar-refractivity contribution in [1.29, 1.82) is 0 Å². The summed E-state index contributed by atoms with van der Waals surface area (Å²) in [4.78, 5) is 11.6. The molecule has 0 aliphatic heterocycles. The van der Waals surface area contributed by atoms with Crippen LogP contribution in [0.2, 0.25) is 0 Å². The van der Waals surface area contributed by atoms with Crippen molar-refractivity contribution in [1.82, 2.24) is 0 Å². The summed E-state index contributed by atoms with van der Waals surface area (Å²) in [6.07, 6.45) is 1.80. The summed E-state index contributed by atoms with van der Waals surface area (Å²) in [5, 5.41) is 10.0. The van der Waals surface area contributed by atoms with Gasteiger partial charge in [0, 0.05) is 5.33 Å². The van der Waals surface area contributed by atoms with Crippen molar-refractivity contribution in [3.05, 3.63) is 36.4 Å². The fraction of sp³-hybridized carbons (Fsp3) is 0.308. The van der Waals surface area contributed by atoms with Crippen LogP contribution in [-0.4, -0.2) is 23.0 Å². The van der Waals surface area contributed by atoms with Gasteiger partial charge in [-0.2, -0.15) is 0 Å². The molecule has 0 saturated heterocycles. The Kier molecular flexibility index (Phi) is 5.77. The van der Waals surface area contributed by atoms with Crippen molar-refractivity contribution in [3.8, 4) is 5.75 Å². The minimum atomic E-state index is -0.412. The molecule has 0 unspecified atom stereocenters. The molecule has 0 spiro atoms. The number of phenolic OH excluding ortho intramolecular Hbond substituents is 1. The SMILES string of the molecule is C=C(C(=O)OCCCCBr)c1ccc(O)cc1. The van der Waals surface area contributed by atoms with Gasteiger partial charge < -0.3 is 9.84 Å². The van der Waals surface area contributed by atoms with Crippen LogP contribution in [0, 0.1) is 0 Å². The van der Waals surface area contributed by atoms with Gasteiger partial charge in [0.05, 0.1) is 12.2 Å². The summed E-state index contributed by atoms with van der Waals surface area (Å²) >= 11 is 3.31. The van der Waals surface area contributed by atoms with E-state index in [1.54, 1.807) is 12.1 Å². The van der Waals surface area contributed by atoms with E-state index >= 15 is 0 Å². The summed E-state index contributed by atoms with van der Waals surface area (Å²) in [6.45, 7) is 4.09. The van der Waals surface area contributed by atoms with Gasteiger partial charge in [0.25, 0.3) is 0 Å². The molecular weight excluding hydrogens is 284 g/mol. The maximum absolute atomic E-state index is 11.6. The Morgan fingerprint density at radius 3 is 2.53 bits per heavy atom. The van der Waals surface area contributed by atoms with Crippen molar-refractivity contribution in [2.45, 2.75) is 12.8 Å². The van der Waals surface area contributed by atoms with Gasteiger partial charge in [-0.15, -0.1) is 0 Å². The summed E-state index contributed by atoms with van der Waals surface area (Å²) in [5.41, 5.74) is 0.970. The smallest absolute Gasteiger partial charge is 0.338 e. The average molecular weight is 299 g/mol. The van der Waals surface area contributed by atoms with E-state index < -0.39 is 5.97 Å². The van der Waals surface area contributed by atoms with Crippen molar-refractivity contribution in [3.63, 3.8) is 0 Å². The van der Waals surface area contributed by atoms with Crippen LogP contribution in [0.5, 0.6) is 5.75 Å². The van der Waals surface area contributed by atoms with Crippen LogP contribution >= 0.6 is 15.9 Å². The highest BCUT2D eigenvalue weighted by molar-refractivity contribution is 9.09. The number of carbonyl (C=O) groups is 1. The zero-order valence-corrected chi connectivity index (χ0v) is 11.1. The summed E-state index contributed by atoms with van der Waals surface area (Å²) in [6, 6.07) is 6.30. The molecule has 1 aromatic carbocycles. The number of alkyl halides is 1. The van der Waals surface area contributed by atoms with Crippen molar-refractivity contribution in [2.75, 3.05) is 11.9 Å². The number of rotatable bonds is 6. The molecule has 0 bridgehead atoms. The Morgan fingerprint density at radius 1 is 1.29 bits per heavy atom. The lowest BCUT2D eigenvalue weighted by molar-refractivity contribution is -0.136. The predicted molar refractivity (Wildman–Crippen MR) is 71.1 cm³/mol. The van der Waals surface area contributed by atoms with E-state index in [1.807, 2.05) is 0 Å². The number of unbranched alkanes of at least 4 members (excludes halogenated alkanes) is 1. The molecule has 0 aliphatic rings. The molecular formula is C13H15BrO3. The summed E-state index contributed by atoms with van der Waals surface area (Å²) < 4.78 is 5.07. The van der Waals surface area contributed by atoms with Crippen LogP contribution < -0.4 is 0 Å². The molecule has 3 nitrogen and oxygen atoms in total. The van der Waals surface area contributed by atoms with Gasteiger partial charge >= 0.3 is 5.97 Å². The van der Waals surface area contributed by atoms with Crippen molar-refractivity contribution in [2.24, 2.45) is 0 Å². The second-order valence-corrected chi connectivity index (χ2v) is 4.35. The minimum absolute atomic E-state index is 0.159. The summed E-state index contributed by atoms with van der Waals surface area (Å²) in [7, 11) is 0. The first-order chi connectivity index (χ1) is 8.15. The average Bonchev–Trinajstić information content (AvgIpc) is 2.34. The number of aromatic hydroxyl groups is 1. The molecule has 1 aromatic rings. The van der Waals surface area contributed by atoms with Crippen LogP contribution in [0.1, 0.15) is 18.4 Å². The number of esters is 1. The third kappa shape index (κ3) is 4.61. The van der Waals surface area contributed by atoms with E-state index in [1.165, 1.54) is 12.1 Å². The first kappa shape index (κ1) is 13.8. The standard InChI is InChI=1S/C13H15BrO3/c1-10(11-4-6-12(15)7-5-11)13(16)17-9-3-2-8-14/h4-7,15H,1-3,8-9H2. The van der Waals surface area contributed by atoms with Gasteiger partial charge in [-0.05, 0) is 30.5 Å². The van der Waals surface area contributed by atoms with Gasteiger partial charge in [0.15, 0.2) is 0 Å². The summed E-state index contributed by atoms with van der Waals surface area (Å²) in [5.74, 6) is -0.252. The highest BCUT2D eigenvalue weighted by Gasteiger charge is 2.10. The molecule has 0 amide bonds. The highest BCUT2D eigenvalue weighted by Crippen LogP contribution is 2.17. The van der Waals surface area contributed by atoms with Gasteiger partial charge in [-0.25, -0.2) is 4.79 Å². The maximum atomic E-state index is 11.6. The Bertz CT molecular complexity index is 384. The molecule has 0 fully saturated rings. The number of halogens is 1. The normalized spacial score (nSPS) is 9.94. The van der Waals surface area contributed by atoms with E-state index in [0.717, 1.165) is 18.2 Å².